The maximum Gasteiger partial charge on any atom is 0.162 e. The van der Waals surface area contributed by atoms with Gasteiger partial charge in [-0.25, -0.2) is 4.98 Å². The van der Waals surface area contributed by atoms with Gasteiger partial charge in [0.25, 0.3) is 0 Å². The molecule has 4 rings (SSSR count). The molecule has 212 valence electrons. The first-order valence-corrected chi connectivity index (χ1v) is 14.7. The van der Waals surface area contributed by atoms with Crippen molar-refractivity contribution in [3.63, 3.8) is 0 Å². The van der Waals surface area contributed by atoms with Crippen LogP contribution >= 0.6 is 11.8 Å². The summed E-state index contributed by atoms with van der Waals surface area (Å²) in [6, 6.07) is 8.63. The minimum Gasteiger partial charge on any atom is -0.493 e. The molecule has 0 atom stereocenters. The van der Waals surface area contributed by atoms with E-state index in [1.165, 1.54) is 0 Å². The second kappa shape index (κ2) is 11.6. The van der Waals surface area contributed by atoms with Gasteiger partial charge in [-0.1, -0.05) is 26.8 Å². The Morgan fingerprint density at radius 3 is 2.46 bits per heavy atom. The van der Waals surface area contributed by atoms with Crippen LogP contribution in [0.5, 0.6) is 11.5 Å². The lowest BCUT2D eigenvalue weighted by Gasteiger charge is -2.39. The van der Waals surface area contributed by atoms with E-state index in [4.69, 9.17) is 23.9 Å². The van der Waals surface area contributed by atoms with Crippen molar-refractivity contribution in [1.29, 1.82) is 5.26 Å². The molecule has 0 amide bonds. The third kappa shape index (κ3) is 6.65. The fourth-order valence-corrected chi connectivity index (χ4v) is 5.63. The number of hydrogen-bond acceptors (Lipinski definition) is 8. The molecule has 2 aliphatic rings. The first-order chi connectivity index (χ1) is 18.3. The number of methoxy groups -OCH3 is 1. The lowest BCUT2D eigenvalue weighted by atomic mass is 9.79. The van der Waals surface area contributed by atoms with Crippen molar-refractivity contribution >= 4 is 17.6 Å². The third-order valence-electron chi connectivity index (χ3n) is 8.02. The van der Waals surface area contributed by atoms with Crippen LogP contribution in [0.2, 0.25) is 0 Å². The average Bonchev–Trinajstić information content (AvgIpc) is 2.87. The SMILES string of the molecule is COc1ccc(CCSc2nc(N3CCOCC3)c3c(c2C#N)CC(C)(C)OC3)cc1OC(C)(C)C(C)(C)C. The van der Waals surface area contributed by atoms with E-state index < -0.39 is 0 Å². The predicted octanol–water partition coefficient (Wildman–Crippen LogP) is 6.19. The monoisotopic (exact) mass is 553 g/mol. The number of thioether (sulfide) groups is 1. The second-order valence-electron chi connectivity index (χ2n) is 12.5. The first kappa shape index (κ1) is 29.5. The Morgan fingerprint density at radius 1 is 1.10 bits per heavy atom. The topological polar surface area (TPSA) is 76.8 Å². The molecule has 0 N–H and O–H groups in total. The molecule has 8 heteroatoms. The van der Waals surface area contributed by atoms with Crippen LogP contribution in [0, 0.1) is 16.7 Å². The number of anilines is 1. The number of ether oxygens (including phenoxy) is 4. The third-order valence-corrected chi connectivity index (χ3v) is 9.00. The predicted molar refractivity (Wildman–Crippen MR) is 156 cm³/mol. The van der Waals surface area contributed by atoms with Gasteiger partial charge < -0.3 is 23.8 Å². The van der Waals surface area contributed by atoms with Crippen LogP contribution < -0.4 is 14.4 Å². The Kier molecular flexibility index (Phi) is 8.75. The van der Waals surface area contributed by atoms with Crippen molar-refractivity contribution in [2.75, 3.05) is 44.1 Å². The number of fused-ring (bicyclic) bond motifs is 1. The standard InChI is InChI=1S/C31H43N3O4S/c1-29(2,3)31(6,7)38-26-17-21(9-10-25(26)35-8)11-16-39-28-23(19-32)22-18-30(4,5)37-20-24(22)27(33-28)34-12-14-36-15-13-34/h9-10,17H,11-16,18,20H2,1-8H3. The van der Waals surface area contributed by atoms with Gasteiger partial charge in [0.1, 0.15) is 22.5 Å². The number of benzene rings is 1. The molecule has 39 heavy (non-hydrogen) atoms. The molecule has 1 aromatic heterocycles. The Bertz CT molecular complexity index is 1220. The van der Waals surface area contributed by atoms with Crippen LogP contribution in [0.15, 0.2) is 23.2 Å². The Labute approximate surface area is 238 Å². The van der Waals surface area contributed by atoms with E-state index in [1.807, 2.05) is 6.07 Å². The summed E-state index contributed by atoms with van der Waals surface area (Å²) < 4.78 is 23.8. The number of aryl methyl sites for hydroxylation is 1. The molecule has 0 spiro atoms. The smallest absolute Gasteiger partial charge is 0.162 e. The normalized spacial score (nSPS) is 17.4. The number of nitrogens with zero attached hydrogens (tertiary/aromatic N) is 3. The number of pyridine rings is 1. The van der Waals surface area contributed by atoms with E-state index in [0.29, 0.717) is 31.8 Å². The molecule has 1 saturated heterocycles. The largest absolute Gasteiger partial charge is 0.493 e. The molecule has 2 aromatic rings. The molecular weight excluding hydrogens is 510 g/mol. The number of morpholine rings is 1. The van der Waals surface area contributed by atoms with Gasteiger partial charge in [0.05, 0.1) is 38.1 Å². The summed E-state index contributed by atoms with van der Waals surface area (Å²) >= 11 is 1.65. The molecule has 2 aliphatic heterocycles. The van der Waals surface area contributed by atoms with Gasteiger partial charge in [-0.3, -0.25) is 0 Å². The molecule has 0 radical (unpaired) electrons. The van der Waals surface area contributed by atoms with Crippen molar-refractivity contribution in [3.8, 4) is 17.6 Å². The lowest BCUT2D eigenvalue weighted by Crippen LogP contribution is -2.42. The summed E-state index contributed by atoms with van der Waals surface area (Å²) in [6.45, 7) is 18.3. The van der Waals surface area contributed by atoms with Crippen molar-refractivity contribution in [2.24, 2.45) is 5.41 Å². The number of rotatable bonds is 8. The zero-order valence-electron chi connectivity index (χ0n) is 24.8. The Morgan fingerprint density at radius 2 is 1.82 bits per heavy atom. The Balaban J connectivity index is 1.58. The van der Waals surface area contributed by atoms with E-state index in [0.717, 1.165) is 64.3 Å². The summed E-state index contributed by atoms with van der Waals surface area (Å²) in [6.07, 6.45) is 1.51. The summed E-state index contributed by atoms with van der Waals surface area (Å²) in [4.78, 5) is 7.34. The van der Waals surface area contributed by atoms with Gasteiger partial charge in [0.15, 0.2) is 11.5 Å². The van der Waals surface area contributed by atoms with Crippen LogP contribution in [0.3, 0.4) is 0 Å². The summed E-state index contributed by atoms with van der Waals surface area (Å²) in [5, 5.41) is 11.0. The maximum absolute atomic E-state index is 10.2. The highest BCUT2D eigenvalue weighted by Crippen LogP contribution is 2.40. The van der Waals surface area contributed by atoms with Gasteiger partial charge >= 0.3 is 0 Å². The van der Waals surface area contributed by atoms with E-state index in [-0.39, 0.29) is 16.6 Å². The highest BCUT2D eigenvalue weighted by molar-refractivity contribution is 7.99. The minimum atomic E-state index is -0.379. The molecule has 3 heterocycles. The van der Waals surface area contributed by atoms with Gasteiger partial charge in [0, 0.05) is 36.2 Å². The zero-order valence-corrected chi connectivity index (χ0v) is 25.6. The van der Waals surface area contributed by atoms with Crippen molar-refractivity contribution in [2.45, 2.75) is 84.1 Å². The second-order valence-corrected chi connectivity index (χ2v) is 13.5. The Hall–Kier alpha value is -2.47. The zero-order chi connectivity index (χ0) is 28.4. The molecule has 0 unspecified atom stereocenters. The van der Waals surface area contributed by atoms with Crippen LogP contribution in [0.25, 0.3) is 0 Å². The molecule has 0 bridgehead atoms. The van der Waals surface area contributed by atoms with Crippen molar-refractivity contribution < 1.29 is 18.9 Å². The quantitative estimate of drug-likeness (QED) is 0.358. The lowest BCUT2D eigenvalue weighted by molar-refractivity contribution is -0.0402. The van der Waals surface area contributed by atoms with E-state index >= 15 is 0 Å². The van der Waals surface area contributed by atoms with Gasteiger partial charge in [-0.2, -0.15) is 5.26 Å². The molecule has 0 saturated carbocycles. The van der Waals surface area contributed by atoms with Gasteiger partial charge in [0.2, 0.25) is 0 Å². The maximum atomic E-state index is 10.2. The van der Waals surface area contributed by atoms with Crippen LogP contribution in [0.4, 0.5) is 5.82 Å². The minimum absolute atomic E-state index is 0.0481. The summed E-state index contributed by atoms with van der Waals surface area (Å²) in [5.74, 6) is 3.21. The van der Waals surface area contributed by atoms with Crippen molar-refractivity contribution in [1.82, 2.24) is 4.98 Å². The molecule has 1 aromatic carbocycles. The number of nitriles is 1. The van der Waals surface area contributed by atoms with E-state index in [9.17, 15) is 5.26 Å². The highest BCUT2D eigenvalue weighted by Gasteiger charge is 2.36. The fraction of sp³-hybridized carbons (Fsp3) is 0.613. The van der Waals surface area contributed by atoms with E-state index in [2.05, 4.69) is 71.6 Å². The fourth-order valence-electron chi connectivity index (χ4n) is 4.63. The number of hydrogen-bond donors (Lipinski definition) is 0. The summed E-state index contributed by atoms with van der Waals surface area (Å²) in [7, 11) is 1.67. The first-order valence-electron chi connectivity index (χ1n) is 13.8. The van der Waals surface area contributed by atoms with Gasteiger partial charge in [-0.05, 0) is 57.4 Å². The average molecular weight is 554 g/mol. The van der Waals surface area contributed by atoms with Crippen LogP contribution in [0.1, 0.15) is 70.7 Å². The number of aromatic nitrogens is 1. The van der Waals surface area contributed by atoms with Gasteiger partial charge in [-0.15, -0.1) is 11.8 Å². The molecule has 7 nitrogen and oxygen atoms in total. The van der Waals surface area contributed by atoms with Crippen LogP contribution in [-0.2, 0) is 28.9 Å². The molecular formula is C31H43N3O4S. The van der Waals surface area contributed by atoms with Crippen molar-refractivity contribution in [3.05, 3.63) is 40.5 Å². The highest BCUT2D eigenvalue weighted by atomic mass is 32.2. The van der Waals surface area contributed by atoms with Crippen LogP contribution in [-0.4, -0.2) is 55.4 Å². The summed E-state index contributed by atoms with van der Waals surface area (Å²) in [5.41, 5.74) is 3.23. The molecule has 1 fully saturated rings. The van der Waals surface area contributed by atoms with E-state index in [1.54, 1.807) is 18.9 Å². The molecule has 0 aliphatic carbocycles.